The van der Waals surface area contributed by atoms with Crippen molar-refractivity contribution in [2.24, 2.45) is 0 Å². The summed E-state index contributed by atoms with van der Waals surface area (Å²) in [6.07, 6.45) is 0.434. The average molecular weight is 466 g/mol. The molecule has 1 aromatic carbocycles. The highest BCUT2D eigenvalue weighted by Gasteiger charge is 2.29. The number of imidazole rings is 1. The highest BCUT2D eigenvalue weighted by Crippen LogP contribution is 2.27. The van der Waals surface area contributed by atoms with E-state index >= 15 is 0 Å². The monoisotopic (exact) mass is 465 g/mol. The predicted octanol–water partition coefficient (Wildman–Crippen LogP) is 3.36. The molecule has 0 amide bonds. The van der Waals surface area contributed by atoms with Crippen molar-refractivity contribution in [3.63, 3.8) is 0 Å². The van der Waals surface area contributed by atoms with Gasteiger partial charge in [-0.2, -0.15) is 15.0 Å². The molecule has 9 nitrogen and oxygen atoms in total. The van der Waals surface area contributed by atoms with E-state index in [0.717, 1.165) is 43.0 Å². The van der Waals surface area contributed by atoms with Gasteiger partial charge in [-0.25, -0.2) is 4.98 Å². The lowest BCUT2D eigenvalue weighted by molar-refractivity contribution is -0.00619. The van der Waals surface area contributed by atoms with E-state index in [9.17, 15) is 0 Å². The first-order valence-electron chi connectivity index (χ1n) is 12.2. The molecule has 2 saturated heterocycles. The molecule has 182 valence electrons. The first-order valence-corrected chi connectivity index (χ1v) is 12.2. The van der Waals surface area contributed by atoms with Crippen LogP contribution in [-0.2, 0) is 9.47 Å². The van der Waals surface area contributed by atoms with Crippen LogP contribution in [0.15, 0.2) is 12.1 Å². The van der Waals surface area contributed by atoms with Crippen LogP contribution in [-0.4, -0.2) is 75.1 Å². The minimum atomic E-state index is 0.109. The molecule has 34 heavy (non-hydrogen) atoms. The van der Waals surface area contributed by atoms with Crippen LogP contribution in [0.25, 0.3) is 17.0 Å². The average Bonchev–Trinajstić information content (AvgIpc) is 3.07. The number of aromatic nitrogens is 5. The molecule has 3 aromatic rings. The molecule has 0 aliphatic carbocycles. The fourth-order valence-corrected chi connectivity index (χ4v) is 5.11. The first kappa shape index (κ1) is 23.0. The Hall–Kier alpha value is -2.78. The van der Waals surface area contributed by atoms with Crippen molar-refractivity contribution in [1.82, 2.24) is 24.5 Å². The second kappa shape index (κ2) is 8.78. The van der Waals surface area contributed by atoms with E-state index in [0.29, 0.717) is 17.8 Å². The summed E-state index contributed by atoms with van der Waals surface area (Å²) in [7, 11) is 0. The number of hydrogen-bond donors (Lipinski definition) is 0. The molecule has 0 saturated carbocycles. The van der Waals surface area contributed by atoms with Crippen LogP contribution in [0, 0.1) is 20.8 Å². The molecule has 4 heterocycles. The van der Waals surface area contributed by atoms with Crippen molar-refractivity contribution in [3.8, 4) is 5.95 Å². The van der Waals surface area contributed by atoms with E-state index in [2.05, 4.69) is 68.0 Å². The van der Waals surface area contributed by atoms with Crippen LogP contribution in [0.5, 0.6) is 0 Å². The molecule has 5 rings (SSSR count). The maximum Gasteiger partial charge on any atom is 0.242 e. The maximum atomic E-state index is 5.96. The highest BCUT2D eigenvalue weighted by atomic mass is 16.5. The van der Waals surface area contributed by atoms with E-state index in [1.54, 1.807) is 0 Å². The van der Waals surface area contributed by atoms with E-state index in [4.69, 9.17) is 29.4 Å². The fraction of sp³-hybridized carbons (Fsp3) is 0.600. The maximum absolute atomic E-state index is 5.96. The summed E-state index contributed by atoms with van der Waals surface area (Å²) >= 11 is 0. The number of anilines is 2. The zero-order chi connectivity index (χ0) is 24.1. The van der Waals surface area contributed by atoms with Gasteiger partial charge in [0.2, 0.25) is 17.8 Å². The largest absolute Gasteiger partial charge is 0.372 e. The molecule has 2 fully saturated rings. The number of rotatable bonds is 3. The normalized spacial score (nSPS) is 25.9. The van der Waals surface area contributed by atoms with Gasteiger partial charge in [-0.1, -0.05) is 0 Å². The standard InChI is InChI=1S/C25H35N7O2/c1-14-8-21-22(9-15(14)2)32(20(7)26-21)25-28-23(30-10-16(3)33-17(4)11-30)27-24(29-25)31-12-18(5)34-19(6)13-31/h8-9,16-19H,10-13H2,1-7H3. The summed E-state index contributed by atoms with van der Waals surface area (Å²) in [6, 6.07) is 4.30. The number of aryl methyl sites for hydroxylation is 3. The van der Waals surface area contributed by atoms with Gasteiger partial charge in [0, 0.05) is 26.2 Å². The number of benzene rings is 1. The molecule has 0 bridgehead atoms. The minimum absolute atomic E-state index is 0.109. The lowest BCUT2D eigenvalue weighted by Crippen LogP contribution is -2.48. The Kier molecular flexibility index (Phi) is 5.93. The van der Waals surface area contributed by atoms with Crippen molar-refractivity contribution in [2.75, 3.05) is 36.0 Å². The highest BCUT2D eigenvalue weighted by molar-refractivity contribution is 5.79. The Morgan fingerprint density at radius 3 is 1.59 bits per heavy atom. The van der Waals surface area contributed by atoms with Crippen LogP contribution >= 0.6 is 0 Å². The molecular weight excluding hydrogens is 430 g/mol. The van der Waals surface area contributed by atoms with E-state index in [1.165, 1.54) is 11.1 Å². The van der Waals surface area contributed by atoms with Crippen molar-refractivity contribution in [3.05, 3.63) is 29.1 Å². The molecule has 9 heteroatoms. The zero-order valence-corrected chi connectivity index (χ0v) is 21.2. The Morgan fingerprint density at radius 1 is 0.647 bits per heavy atom. The molecule has 2 aromatic heterocycles. The SMILES string of the molecule is Cc1cc2nc(C)n(-c3nc(N4CC(C)OC(C)C4)nc(N4CC(C)OC(C)C4)n3)c2cc1C. The number of morpholine rings is 2. The van der Waals surface area contributed by atoms with Crippen LogP contribution < -0.4 is 9.80 Å². The minimum Gasteiger partial charge on any atom is -0.372 e. The predicted molar refractivity (Wildman–Crippen MR) is 133 cm³/mol. The third-order valence-corrected chi connectivity index (χ3v) is 6.64. The van der Waals surface area contributed by atoms with Gasteiger partial charge in [0.1, 0.15) is 5.82 Å². The van der Waals surface area contributed by atoms with Gasteiger partial charge >= 0.3 is 0 Å². The molecule has 4 unspecified atom stereocenters. The molecule has 2 aliphatic heterocycles. The van der Waals surface area contributed by atoms with Crippen molar-refractivity contribution < 1.29 is 9.47 Å². The molecule has 0 spiro atoms. The van der Waals surface area contributed by atoms with Crippen molar-refractivity contribution in [1.29, 1.82) is 0 Å². The van der Waals surface area contributed by atoms with Crippen LogP contribution in [0.3, 0.4) is 0 Å². The molecular formula is C25H35N7O2. The van der Waals surface area contributed by atoms with Gasteiger partial charge < -0.3 is 19.3 Å². The number of hydrogen-bond acceptors (Lipinski definition) is 8. The third-order valence-electron chi connectivity index (χ3n) is 6.64. The lowest BCUT2D eigenvalue weighted by atomic mass is 10.1. The topological polar surface area (TPSA) is 81.4 Å². The third kappa shape index (κ3) is 4.34. The quantitative estimate of drug-likeness (QED) is 0.582. The Morgan fingerprint density at radius 2 is 1.09 bits per heavy atom. The summed E-state index contributed by atoms with van der Waals surface area (Å²) in [5.74, 6) is 2.81. The second-order valence-electron chi connectivity index (χ2n) is 9.98. The van der Waals surface area contributed by atoms with Crippen LogP contribution in [0.2, 0.25) is 0 Å². The molecule has 0 N–H and O–H groups in total. The van der Waals surface area contributed by atoms with Gasteiger partial charge in [-0.05, 0) is 71.7 Å². The summed E-state index contributed by atoms with van der Waals surface area (Å²) < 4.78 is 14.0. The van der Waals surface area contributed by atoms with Gasteiger partial charge in [0.05, 0.1) is 35.4 Å². The zero-order valence-electron chi connectivity index (χ0n) is 21.2. The smallest absolute Gasteiger partial charge is 0.242 e. The van der Waals surface area contributed by atoms with E-state index in [-0.39, 0.29) is 24.4 Å². The summed E-state index contributed by atoms with van der Waals surface area (Å²) in [5.41, 5.74) is 4.40. The molecule has 0 radical (unpaired) electrons. The fourth-order valence-electron chi connectivity index (χ4n) is 5.11. The Labute approximate surface area is 201 Å². The van der Waals surface area contributed by atoms with Crippen molar-refractivity contribution in [2.45, 2.75) is 72.9 Å². The lowest BCUT2D eigenvalue weighted by Gasteiger charge is -2.37. The summed E-state index contributed by atoms with van der Waals surface area (Å²) in [4.78, 5) is 24.2. The van der Waals surface area contributed by atoms with Gasteiger partial charge in [-0.3, -0.25) is 4.57 Å². The molecule has 4 atom stereocenters. The number of ether oxygens (including phenoxy) is 2. The Bertz CT molecular complexity index is 1150. The van der Waals surface area contributed by atoms with Gasteiger partial charge in [-0.15, -0.1) is 0 Å². The van der Waals surface area contributed by atoms with E-state index in [1.807, 2.05) is 6.92 Å². The van der Waals surface area contributed by atoms with E-state index < -0.39 is 0 Å². The molecule has 2 aliphatic rings. The summed E-state index contributed by atoms with van der Waals surface area (Å²) in [6.45, 7) is 17.6. The van der Waals surface area contributed by atoms with Gasteiger partial charge in [0.25, 0.3) is 0 Å². The van der Waals surface area contributed by atoms with Crippen LogP contribution in [0.1, 0.15) is 44.6 Å². The van der Waals surface area contributed by atoms with Crippen molar-refractivity contribution >= 4 is 22.9 Å². The second-order valence-corrected chi connectivity index (χ2v) is 9.98. The summed E-state index contributed by atoms with van der Waals surface area (Å²) in [5, 5.41) is 0. The first-order chi connectivity index (χ1) is 16.2. The Balaban J connectivity index is 1.66. The van der Waals surface area contributed by atoms with Gasteiger partial charge in [0.15, 0.2) is 0 Å². The number of fused-ring (bicyclic) bond motifs is 1. The number of nitrogens with zero attached hydrogens (tertiary/aromatic N) is 7. The van der Waals surface area contributed by atoms with Crippen LogP contribution in [0.4, 0.5) is 11.9 Å².